The van der Waals surface area contributed by atoms with Crippen LogP contribution in [0.5, 0.6) is 0 Å². The first kappa shape index (κ1) is 14.0. The van der Waals surface area contributed by atoms with Crippen molar-refractivity contribution in [2.24, 2.45) is 5.73 Å². The monoisotopic (exact) mass is 238 g/mol. The van der Waals surface area contributed by atoms with Crippen LogP contribution >= 0.6 is 0 Å². The molecule has 1 atom stereocenters. The Bertz CT molecular complexity index is 329. The highest BCUT2D eigenvalue weighted by Gasteiger charge is 2.12. The van der Waals surface area contributed by atoms with E-state index >= 15 is 0 Å². The zero-order chi connectivity index (χ0) is 12.7. The molecular weight excluding hydrogens is 216 g/mol. The molecule has 17 heavy (non-hydrogen) atoms. The maximum absolute atomic E-state index is 9.11. The number of aliphatic hydroxyl groups excluding tert-OH is 1. The molecule has 0 saturated carbocycles. The number of rotatable bonds is 7. The van der Waals surface area contributed by atoms with Crippen molar-refractivity contribution < 1.29 is 9.84 Å². The van der Waals surface area contributed by atoms with Crippen LogP contribution in [0.2, 0.25) is 0 Å². The van der Waals surface area contributed by atoms with Crippen LogP contribution in [-0.4, -0.2) is 38.5 Å². The first-order valence-electron chi connectivity index (χ1n) is 5.90. The zero-order valence-corrected chi connectivity index (χ0v) is 10.6. The highest BCUT2D eigenvalue weighted by atomic mass is 16.5. The standard InChI is InChI=1S/C13H22N2O2/c1-11(14)12-5-3-4-6-13(12)15(7-9-16)8-10-17-2/h3-6,11,16H,7-10,14H2,1-2H3. The van der Waals surface area contributed by atoms with E-state index in [9.17, 15) is 0 Å². The van der Waals surface area contributed by atoms with Gasteiger partial charge in [0.25, 0.3) is 0 Å². The van der Waals surface area contributed by atoms with Gasteiger partial charge in [0.1, 0.15) is 0 Å². The molecule has 1 aromatic rings. The second kappa shape index (κ2) is 7.27. The number of ether oxygens (including phenoxy) is 1. The van der Waals surface area contributed by atoms with Crippen LogP contribution in [0.3, 0.4) is 0 Å². The van der Waals surface area contributed by atoms with Gasteiger partial charge < -0.3 is 20.5 Å². The minimum absolute atomic E-state index is 0.0186. The summed E-state index contributed by atoms with van der Waals surface area (Å²) in [6.45, 7) is 4.06. The second-order valence-electron chi connectivity index (χ2n) is 4.05. The Morgan fingerprint density at radius 3 is 2.65 bits per heavy atom. The van der Waals surface area contributed by atoms with Crippen LogP contribution in [0.15, 0.2) is 24.3 Å². The van der Waals surface area contributed by atoms with Crippen LogP contribution in [0, 0.1) is 0 Å². The largest absolute Gasteiger partial charge is 0.395 e. The lowest BCUT2D eigenvalue weighted by Crippen LogP contribution is -2.31. The predicted octanol–water partition coefficient (Wildman–Crippen LogP) is 1.15. The predicted molar refractivity (Wildman–Crippen MR) is 70.2 cm³/mol. The Morgan fingerprint density at radius 2 is 2.06 bits per heavy atom. The van der Waals surface area contributed by atoms with Gasteiger partial charge in [-0.2, -0.15) is 0 Å². The normalized spacial score (nSPS) is 12.5. The smallest absolute Gasteiger partial charge is 0.0637 e. The Labute approximate surface area is 103 Å². The van der Waals surface area contributed by atoms with E-state index < -0.39 is 0 Å². The number of para-hydroxylation sites is 1. The second-order valence-corrected chi connectivity index (χ2v) is 4.05. The average molecular weight is 238 g/mol. The molecule has 0 aromatic heterocycles. The van der Waals surface area contributed by atoms with Gasteiger partial charge in [-0.1, -0.05) is 18.2 Å². The highest BCUT2D eigenvalue weighted by Crippen LogP contribution is 2.24. The molecule has 4 heteroatoms. The van der Waals surface area contributed by atoms with Gasteiger partial charge in [0.15, 0.2) is 0 Å². The molecule has 1 aromatic carbocycles. The summed E-state index contributed by atoms with van der Waals surface area (Å²) in [5.41, 5.74) is 8.13. The molecule has 0 bridgehead atoms. The van der Waals surface area contributed by atoms with Crippen molar-refractivity contribution in [2.75, 3.05) is 38.3 Å². The molecule has 96 valence electrons. The van der Waals surface area contributed by atoms with Crippen molar-refractivity contribution >= 4 is 5.69 Å². The van der Waals surface area contributed by atoms with Crippen LogP contribution in [-0.2, 0) is 4.74 Å². The number of benzene rings is 1. The van der Waals surface area contributed by atoms with E-state index in [0.29, 0.717) is 13.2 Å². The van der Waals surface area contributed by atoms with Gasteiger partial charge in [-0.3, -0.25) is 0 Å². The minimum atomic E-state index is -0.0186. The van der Waals surface area contributed by atoms with Gasteiger partial charge in [0.2, 0.25) is 0 Å². The average Bonchev–Trinajstić information content (AvgIpc) is 2.34. The molecule has 1 unspecified atom stereocenters. The van der Waals surface area contributed by atoms with Gasteiger partial charge in [-0.15, -0.1) is 0 Å². The maximum Gasteiger partial charge on any atom is 0.0637 e. The van der Waals surface area contributed by atoms with E-state index in [1.165, 1.54) is 0 Å². The van der Waals surface area contributed by atoms with Gasteiger partial charge in [0, 0.05) is 31.9 Å². The summed E-state index contributed by atoms with van der Waals surface area (Å²) < 4.78 is 5.09. The summed E-state index contributed by atoms with van der Waals surface area (Å²) in [6, 6.07) is 8.00. The molecule has 0 aliphatic rings. The molecule has 0 spiro atoms. The van der Waals surface area contributed by atoms with Gasteiger partial charge in [0.05, 0.1) is 13.2 Å². The Morgan fingerprint density at radius 1 is 1.35 bits per heavy atom. The topological polar surface area (TPSA) is 58.7 Å². The van der Waals surface area contributed by atoms with E-state index in [1.54, 1.807) is 7.11 Å². The van der Waals surface area contributed by atoms with Crippen LogP contribution in [0.4, 0.5) is 5.69 Å². The van der Waals surface area contributed by atoms with E-state index in [4.69, 9.17) is 15.6 Å². The summed E-state index contributed by atoms with van der Waals surface area (Å²) in [5, 5.41) is 9.11. The van der Waals surface area contributed by atoms with Crippen molar-refractivity contribution in [1.82, 2.24) is 0 Å². The Hall–Kier alpha value is -1.10. The molecule has 3 N–H and O–H groups in total. The number of hydrogen-bond acceptors (Lipinski definition) is 4. The summed E-state index contributed by atoms with van der Waals surface area (Å²) in [4.78, 5) is 2.10. The lowest BCUT2D eigenvalue weighted by molar-refractivity contribution is 0.203. The molecule has 0 saturated heterocycles. The Kier molecular flexibility index (Phi) is 5.97. The summed E-state index contributed by atoms with van der Waals surface area (Å²) in [6.07, 6.45) is 0. The van der Waals surface area contributed by atoms with E-state index in [0.717, 1.165) is 17.8 Å². The fourth-order valence-corrected chi connectivity index (χ4v) is 1.84. The van der Waals surface area contributed by atoms with E-state index in [2.05, 4.69) is 4.90 Å². The van der Waals surface area contributed by atoms with Crippen LogP contribution in [0.1, 0.15) is 18.5 Å². The van der Waals surface area contributed by atoms with Gasteiger partial charge in [-0.05, 0) is 18.6 Å². The molecule has 0 fully saturated rings. The van der Waals surface area contributed by atoms with Crippen molar-refractivity contribution in [3.05, 3.63) is 29.8 Å². The zero-order valence-electron chi connectivity index (χ0n) is 10.6. The number of anilines is 1. The SMILES string of the molecule is COCCN(CCO)c1ccccc1C(C)N. The third kappa shape index (κ3) is 4.00. The number of nitrogens with zero attached hydrogens (tertiary/aromatic N) is 1. The summed E-state index contributed by atoms with van der Waals surface area (Å²) >= 11 is 0. The number of nitrogens with two attached hydrogens (primary N) is 1. The molecule has 0 aliphatic heterocycles. The van der Waals surface area contributed by atoms with Gasteiger partial charge in [-0.25, -0.2) is 0 Å². The lowest BCUT2D eigenvalue weighted by Gasteiger charge is -2.27. The molecule has 4 nitrogen and oxygen atoms in total. The van der Waals surface area contributed by atoms with Gasteiger partial charge >= 0.3 is 0 Å². The quantitative estimate of drug-likeness (QED) is 0.748. The minimum Gasteiger partial charge on any atom is -0.395 e. The number of methoxy groups -OCH3 is 1. The van der Waals surface area contributed by atoms with E-state index in [-0.39, 0.29) is 12.6 Å². The molecule has 0 aliphatic carbocycles. The molecule has 1 rings (SSSR count). The van der Waals surface area contributed by atoms with Crippen molar-refractivity contribution in [1.29, 1.82) is 0 Å². The van der Waals surface area contributed by atoms with Crippen LogP contribution < -0.4 is 10.6 Å². The molecule has 0 heterocycles. The van der Waals surface area contributed by atoms with Crippen molar-refractivity contribution in [3.8, 4) is 0 Å². The third-order valence-electron chi connectivity index (χ3n) is 2.70. The molecular formula is C13H22N2O2. The van der Waals surface area contributed by atoms with Crippen molar-refractivity contribution in [3.63, 3.8) is 0 Å². The van der Waals surface area contributed by atoms with Crippen LogP contribution in [0.25, 0.3) is 0 Å². The lowest BCUT2D eigenvalue weighted by atomic mass is 10.1. The molecule has 0 amide bonds. The molecule has 0 radical (unpaired) electrons. The number of aliphatic hydroxyl groups is 1. The Balaban J connectivity index is 2.91. The first-order valence-corrected chi connectivity index (χ1v) is 5.90. The fraction of sp³-hybridized carbons (Fsp3) is 0.538. The summed E-state index contributed by atoms with van der Waals surface area (Å²) in [7, 11) is 1.68. The van der Waals surface area contributed by atoms with E-state index in [1.807, 2.05) is 31.2 Å². The highest BCUT2D eigenvalue weighted by molar-refractivity contribution is 5.54. The maximum atomic E-state index is 9.11. The van der Waals surface area contributed by atoms with Crippen molar-refractivity contribution in [2.45, 2.75) is 13.0 Å². The third-order valence-corrected chi connectivity index (χ3v) is 2.70. The first-order chi connectivity index (χ1) is 8.20. The number of hydrogen-bond donors (Lipinski definition) is 2. The summed E-state index contributed by atoms with van der Waals surface area (Å²) in [5.74, 6) is 0. The fourth-order valence-electron chi connectivity index (χ4n) is 1.84.